The second-order valence-electron chi connectivity index (χ2n) is 3.61. The highest BCUT2D eigenvalue weighted by Gasteiger charge is 2.31. The molecule has 0 bridgehead atoms. The molecule has 0 aromatic heterocycles. The van der Waals surface area contributed by atoms with Crippen molar-refractivity contribution in [3.05, 3.63) is 46.0 Å². The van der Waals surface area contributed by atoms with Gasteiger partial charge in [0.15, 0.2) is 0 Å². The lowest BCUT2D eigenvalue weighted by molar-refractivity contribution is -0.384. The number of aromatic carboxylic acids is 1. The average Bonchev–Trinajstić information content (AvgIpc) is 2.68. The van der Waals surface area contributed by atoms with E-state index in [1.807, 2.05) is 0 Å². The van der Waals surface area contributed by atoms with E-state index in [-0.39, 0.29) is 11.3 Å². The van der Waals surface area contributed by atoms with Crippen LogP contribution in [0.25, 0.3) is 0 Å². The number of carboxylic acids is 1. The van der Waals surface area contributed by atoms with Gasteiger partial charge in [0.25, 0.3) is 17.5 Å². The number of carbonyl (C=O) groups excluding carboxylic acids is 2. The molecule has 0 aliphatic carbocycles. The number of nitrogens with zero attached hydrogens (tertiary/aromatic N) is 2. The van der Waals surface area contributed by atoms with Gasteiger partial charge in [0.1, 0.15) is 5.69 Å². The summed E-state index contributed by atoms with van der Waals surface area (Å²) in [6.07, 6.45) is 1.97. The number of nitro groups is 1. The number of imide groups is 1. The van der Waals surface area contributed by atoms with Crippen LogP contribution in [-0.2, 0) is 9.59 Å². The molecule has 0 radical (unpaired) electrons. The number of anilines is 1. The fraction of sp³-hybridized carbons (Fsp3) is 0. The van der Waals surface area contributed by atoms with Crippen LogP contribution in [0.4, 0.5) is 11.4 Å². The molecule has 0 saturated heterocycles. The van der Waals surface area contributed by atoms with Crippen molar-refractivity contribution >= 4 is 29.2 Å². The van der Waals surface area contributed by atoms with Gasteiger partial charge in [-0.1, -0.05) is 0 Å². The Hall–Kier alpha value is -3.03. The maximum Gasteiger partial charge on any atom is 0.335 e. The van der Waals surface area contributed by atoms with Gasteiger partial charge in [0.05, 0.1) is 10.5 Å². The summed E-state index contributed by atoms with van der Waals surface area (Å²) >= 11 is 0. The van der Waals surface area contributed by atoms with E-state index in [1.54, 1.807) is 0 Å². The van der Waals surface area contributed by atoms with Crippen molar-refractivity contribution < 1.29 is 24.4 Å². The first-order chi connectivity index (χ1) is 8.91. The van der Waals surface area contributed by atoms with E-state index in [2.05, 4.69) is 0 Å². The molecule has 0 saturated carbocycles. The van der Waals surface area contributed by atoms with E-state index in [0.717, 1.165) is 30.4 Å². The van der Waals surface area contributed by atoms with Crippen LogP contribution in [0.2, 0.25) is 0 Å². The SMILES string of the molecule is O=C(O)c1ccc(N2C(=O)C=CC2=O)c([N+](=O)[O-])c1. The van der Waals surface area contributed by atoms with Crippen LogP contribution in [0.3, 0.4) is 0 Å². The third kappa shape index (κ3) is 2.06. The molecule has 1 N–H and O–H groups in total. The molecule has 8 heteroatoms. The Labute approximate surface area is 105 Å². The van der Waals surface area contributed by atoms with Gasteiger partial charge in [-0.05, 0) is 12.1 Å². The monoisotopic (exact) mass is 262 g/mol. The lowest BCUT2D eigenvalue weighted by Gasteiger charge is -2.13. The predicted molar refractivity (Wildman–Crippen MR) is 61.7 cm³/mol. The first-order valence-electron chi connectivity index (χ1n) is 4.99. The van der Waals surface area contributed by atoms with Crippen molar-refractivity contribution in [1.29, 1.82) is 0 Å². The molecule has 0 fully saturated rings. The van der Waals surface area contributed by atoms with E-state index in [1.165, 1.54) is 0 Å². The smallest absolute Gasteiger partial charge is 0.335 e. The fourth-order valence-corrected chi connectivity index (χ4v) is 1.63. The van der Waals surface area contributed by atoms with E-state index in [9.17, 15) is 24.5 Å². The molecule has 1 aromatic rings. The van der Waals surface area contributed by atoms with Gasteiger partial charge in [-0.2, -0.15) is 0 Å². The Balaban J connectivity index is 2.58. The quantitative estimate of drug-likeness (QED) is 0.487. The molecule has 1 aliphatic heterocycles. The third-order valence-electron chi connectivity index (χ3n) is 2.47. The van der Waals surface area contributed by atoms with E-state index in [0.29, 0.717) is 4.90 Å². The summed E-state index contributed by atoms with van der Waals surface area (Å²) in [7, 11) is 0. The molecule has 1 heterocycles. The Kier molecular flexibility index (Phi) is 2.83. The summed E-state index contributed by atoms with van der Waals surface area (Å²) in [6.45, 7) is 0. The molecule has 0 spiro atoms. The normalized spacial score (nSPS) is 14.0. The number of rotatable bonds is 3. The molecule has 1 aliphatic rings. The molecule has 8 nitrogen and oxygen atoms in total. The largest absolute Gasteiger partial charge is 0.478 e. The van der Waals surface area contributed by atoms with Crippen molar-refractivity contribution in [2.45, 2.75) is 0 Å². The molecule has 19 heavy (non-hydrogen) atoms. The maximum absolute atomic E-state index is 11.5. The minimum atomic E-state index is -1.34. The Bertz CT molecular complexity index is 631. The molecular weight excluding hydrogens is 256 g/mol. The van der Waals surface area contributed by atoms with E-state index in [4.69, 9.17) is 5.11 Å². The van der Waals surface area contributed by atoms with E-state index >= 15 is 0 Å². The van der Waals surface area contributed by atoms with Crippen LogP contribution in [0.5, 0.6) is 0 Å². The van der Waals surface area contributed by atoms with Crippen LogP contribution in [0.15, 0.2) is 30.4 Å². The summed E-state index contributed by atoms with van der Waals surface area (Å²) in [5.74, 6) is -2.76. The van der Waals surface area contributed by atoms with Crippen LogP contribution in [0, 0.1) is 10.1 Å². The standard InChI is InChI=1S/C11H6N2O6/c14-9-3-4-10(15)12(9)7-2-1-6(11(16)17)5-8(7)13(18)19/h1-5H,(H,16,17). The van der Waals surface area contributed by atoms with Crippen molar-refractivity contribution in [2.24, 2.45) is 0 Å². The molecule has 96 valence electrons. The zero-order valence-electron chi connectivity index (χ0n) is 9.27. The molecule has 2 amide bonds. The topological polar surface area (TPSA) is 118 Å². The first kappa shape index (κ1) is 12.4. The van der Waals surface area contributed by atoms with Gasteiger partial charge in [-0.15, -0.1) is 0 Å². The summed E-state index contributed by atoms with van der Waals surface area (Å²) in [5.41, 5.74) is -1.18. The number of hydrogen-bond acceptors (Lipinski definition) is 5. The van der Waals surface area contributed by atoms with Crippen molar-refractivity contribution in [3.63, 3.8) is 0 Å². The molecular formula is C11H6N2O6. The number of carbonyl (C=O) groups is 3. The van der Waals surface area contributed by atoms with Gasteiger partial charge in [-0.3, -0.25) is 19.7 Å². The number of amides is 2. The number of carboxylic acid groups (broad SMARTS) is 1. The minimum Gasteiger partial charge on any atom is -0.478 e. The number of nitro benzene ring substituents is 1. The van der Waals surface area contributed by atoms with Crippen molar-refractivity contribution in [2.75, 3.05) is 4.90 Å². The summed E-state index contributed by atoms with van der Waals surface area (Å²) < 4.78 is 0. The highest BCUT2D eigenvalue weighted by Crippen LogP contribution is 2.31. The minimum absolute atomic E-state index is 0.255. The van der Waals surface area contributed by atoms with E-state index < -0.39 is 28.4 Å². The van der Waals surface area contributed by atoms with Crippen molar-refractivity contribution in [1.82, 2.24) is 0 Å². The van der Waals surface area contributed by atoms with Crippen LogP contribution >= 0.6 is 0 Å². The lowest BCUT2D eigenvalue weighted by atomic mass is 10.1. The molecule has 2 rings (SSSR count). The van der Waals surface area contributed by atoms with Gasteiger partial charge in [-0.25, -0.2) is 9.69 Å². The zero-order chi connectivity index (χ0) is 14.2. The Morgan fingerprint density at radius 3 is 2.26 bits per heavy atom. The summed E-state index contributed by atoms with van der Waals surface area (Å²) in [5, 5.41) is 19.7. The third-order valence-corrected chi connectivity index (χ3v) is 2.47. The highest BCUT2D eigenvalue weighted by atomic mass is 16.6. The molecule has 0 atom stereocenters. The predicted octanol–water partition coefficient (Wildman–Crippen LogP) is 0.722. The highest BCUT2D eigenvalue weighted by molar-refractivity contribution is 6.28. The number of benzene rings is 1. The van der Waals surface area contributed by atoms with Gasteiger partial charge in [0, 0.05) is 18.2 Å². The van der Waals surface area contributed by atoms with Gasteiger partial charge >= 0.3 is 5.97 Å². The van der Waals surface area contributed by atoms with Gasteiger partial charge < -0.3 is 5.11 Å². The number of hydrogen-bond donors (Lipinski definition) is 1. The second kappa shape index (κ2) is 4.33. The fourth-order valence-electron chi connectivity index (χ4n) is 1.63. The maximum atomic E-state index is 11.5. The first-order valence-corrected chi connectivity index (χ1v) is 4.99. The zero-order valence-corrected chi connectivity index (χ0v) is 9.27. The Morgan fingerprint density at radius 2 is 1.79 bits per heavy atom. The molecule has 0 unspecified atom stereocenters. The lowest BCUT2D eigenvalue weighted by Crippen LogP contribution is -2.30. The van der Waals surface area contributed by atoms with Crippen LogP contribution in [0.1, 0.15) is 10.4 Å². The van der Waals surface area contributed by atoms with Crippen molar-refractivity contribution in [3.8, 4) is 0 Å². The van der Waals surface area contributed by atoms with Gasteiger partial charge in [0.2, 0.25) is 0 Å². The summed E-state index contributed by atoms with van der Waals surface area (Å²) in [6, 6.07) is 2.95. The molecule has 1 aromatic carbocycles. The average molecular weight is 262 g/mol. The van der Waals surface area contributed by atoms with Crippen LogP contribution < -0.4 is 4.90 Å². The summed E-state index contributed by atoms with van der Waals surface area (Å²) in [4.78, 5) is 44.3. The Morgan fingerprint density at radius 1 is 1.21 bits per heavy atom. The van der Waals surface area contributed by atoms with Crippen LogP contribution in [-0.4, -0.2) is 27.8 Å². The second-order valence-corrected chi connectivity index (χ2v) is 3.61.